The fourth-order valence-electron chi connectivity index (χ4n) is 2.63. The second-order valence-electron chi connectivity index (χ2n) is 5.92. The van der Waals surface area contributed by atoms with Gasteiger partial charge in [0.15, 0.2) is 0 Å². The van der Waals surface area contributed by atoms with Gasteiger partial charge in [0, 0.05) is 45.5 Å². The fraction of sp³-hybridized carbons (Fsp3) is 0.529. The van der Waals surface area contributed by atoms with Crippen LogP contribution in [0.25, 0.3) is 0 Å². The highest BCUT2D eigenvalue weighted by Gasteiger charge is 2.22. The van der Waals surface area contributed by atoms with Crippen molar-refractivity contribution in [3.8, 4) is 0 Å². The Hall–Kier alpha value is -2.12. The van der Waals surface area contributed by atoms with Gasteiger partial charge in [0.2, 0.25) is 11.8 Å². The molecule has 0 spiro atoms. The van der Waals surface area contributed by atoms with Crippen LogP contribution < -0.4 is 11.1 Å². The minimum atomic E-state index is -0.00583. The molecular weight excluding hydrogens is 308 g/mol. The van der Waals surface area contributed by atoms with Gasteiger partial charge in [-0.15, -0.1) is 0 Å². The summed E-state index contributed by atoms with van der Waals surface area (Å²) in [5.74, 6) is 0.109. The molecule has 0 aliphatic carbocycles. The van der Waals surface area contributed by atoms with Crippen molar-refractivity contribution < 1.29 is 14.3 Å². The van der Waals surface area contributed by atoms with E-state index in [-0.39, 0.29) is 11.8 Å². The Bertz CT molecular complexity index is 539. The smallest absolute Gasteiger partial charge is 0.234 e. The topological polar surface area (TPSA) is 87.9 Å². The molecule has 1 saturated heterocycles. The molecule has 0 saturated carbocycles. The van der Waals surface area contributed by atoms with Crippen molar-refractivity contribution in [3.05, 3.63) is 29.8 Å². The summed E-state index contributed by atoms with van der Waals surface area (Å²) in [6.45, 7) is 4.13. The van der Waals surface area contributed by atoms with Crippen molar-refractivity contribution in [2.75, 3.05) is 58.7 Å². The van der Waals surface area contributed by atoms with Crippen molar-refractivity contribution in [2.45, 2.75) is 6.42 Å². The quantitative estimate of drug-likeness (QED) is 0.529. The van der Waals surface area contributed by atoms with E-state index in [1.807, 2.05) is 29.2 Å². The Morgan fingerprint density at radius 2 is 1.83 bits per heavy atom. The molecule has 2 amide bonds. The standard InChI is InChI=1S/C17H26N4O3/c1-24-11-6-19-16(22)13-20-7-9-21(10-8-20)17(23)12-14-2-4-15(18)5-3-14/h2-5H,6-13,18H2,1H3,(H,19,22). The zero-order valence-corrected chi connectivity index (χ0v) is 14.2. The number of rotatable bonds is 7. The summed E-state index contributed by atoms with van der Waals surface area (Å²) >= 11 is 0. The van der Waals surface area contributed by atoms with Crippen LogP contribution in [0.5, 0.6) is 0 Å². The van der Waals surface area contributed by atoms with Crippen molar-refractivity contribution >= 4 is 17.5 Å². The van der Waals surface area contributed by atoms with Crippen LogP contribution in [0.4, 0.5) is 5.69 Å². The molecule has 1 aromatic rings. The number of anilines is 1. The maximum Gasteiger partial charge on any atom is 0.234 e. The molecule has 1 aliphatic heterocycles. The number of ether oxygens (including phenoxy) is 1. The molecule has 1 aromatic carbocycles. The van der Waals surface area contributed by atoms with Crippen LogP contribution in [-0.2, 0) is 20.7 Å². The number of carbonyl (C=O) groups excluding carboxylic acids is 2. The third kappa shape index (κ3) is 5.82. The second-order valence-corrected chi connectivity index (χ2v) is 5.92. The van der Waals surface area contributed by atoms with E-state index in [9.17, 15) is 9.59 Å². The van der Waals surface area contributed by atoms with Crippen LogP contribution >= 0.6 is 0 Å². The molecule has 2 rings (SSSR count). The highest BCUT2D eigenvalue weighted by Crippen LogP contribution is 2.09. The van der Waals surface area contributed by atoms with Gasteiger partial charge in [-0.25, -0.2) is 0 Å². The lowest BCUT2D eigenvalue weighted by Crippen LogP contribution is -2.51. The summed E-state index contributed by atoms with van der Waals surface area (Å²) in [5.41, 5.74) is 7.32. The Labute approximate surface area is 142 Å². The summed E-state index contributed by atoms with van der Waals surface area (Å²) < 4.78 is 4.90. The third-order valence-corrected chi connectivity index (χ3v) is 4.06. The number of nitrogens with one attached hydrogen (secondary N) is 1. The maximum atomic E-state index is 12.3. The number of hydrogen-bond donors (Lipinski definition) is 2. The number of piperazine rings is 1. The number of nitrogen functional groups attached to an aromatic ring is 1. The largest absolute Gasteiger partial charge is 0.399 e. The molecular formula is C17H26N4O3. The average Bonchev–Trinajstić information content (AvgIpc) is 2.58. The van der Waals surface area contributed by atoms with Gasteiger partial charge in [0.1, 0.15) is 0 Å². The Kier molecular flexibility index (Phi) is 7.02. The molecule has 24 heavy (non-hydrogen) atoms. The maximum absolute atomic E-state index is 12.3. The van der Waals surface area contributed by atoms with E-state index in [0.29, 0.717) is 58.0 Å². The molecule has 0 unspecified atom stereocenters. The van der Waals surface area contributed by atoms with E-state index in [1.165, 1.54) is 0 Å². The van der Waals surface area contributed by atoms with Crippen molar-refractivity contribution in [1.29, 1.82) is 0 Å². The number of amides is 2. The van der Waals surface area contributed by atoms with E-state index in [2.05, 4.69) is 10.2 Å². The van der Waals surface area contributed by atoms with Gasteiger partial charge in [-0.3, -0.25) is 14.5 Å². The van der Waals surface area contributed by atoms with E-state index < -0.39 is 0 Å². The summed E-state index contributed by atoms with van der Waals surface area (Å²) in [6, 6.07) is 7.38. The zero-order chi connectivity index (χ0) is 17.4. The minimum Gasteiger partial charge on any atom is -0.399 e. The van der Waals surface area contributed by atoms with Crippen LogP contribution in [0.3, 0.4) is 0 Å². The van der Waals surface area contributed by atoms with Gasteiger partial charge < -0.3 is 20.7 Å². The molecule has 0 radical (unpaired) electrons. The molecule has 7 heteroatoms. The monoisotopic (exact) mass is 334 g/mol. The minimum absolute atomic E-state index is 0.00583. The molecule has 1 heterocycles. The summed E-state index contributed by atoms with van der Waals surface area (Å²) in [5, 5.41) is 2.81. The van der Waals surface area contributed by atoms with Crippen LogP contribution in [-0.4, -0.2) is 74.6 Å². The lowest BCUT2D eigenvalue weighted by atomic mass is 10.1. The van der Waals surface area contributed by atoms with Crippen LogP contribution in [0.1, 0.15) is 5.56 Å². The summed E-state index contributed by atoms with van der Waals surface area (Å²) in [6.07, 6.45) is 0.387. The normalized spacial score (nSPS) is 15.3. The number of hydrogen-bond acceptors (Lipinski definition) is 5. The number of nitrogens with zero attached hydrogens (tertiary/aromatic N) is 2. The van der Waals surface area contributed by atoms with Crippen LogP contribution in [0, 0.1) is 0 Å². The van der Waals surface area contributed by atoms with E-state index in [4.69, 9.17) is 10.5 Å². The first-order valence-electron chi connectivity index (χ1n) is 8.18. The molecule has 132 valence electrons. The van der Waals surface area contributed by atoms with Gasteiger partial charge in [0.25, 0.3) is 0 Å². The predicted octanol–water partition coefficient (Wildman–Crippen LogP) is -0.282. The summed E-state index contributed by atoms with van der Waals surface area (Å²) in [7, 11) is 1.60. The number of benzene rings is 1. The Morgan fingerprint density at radius 3 is 2.46 bits per heavy atom. The van der Waals surface area contributed by atoms with Crippen molar-refractivity contribution in [3.63, 3.8) is 0 Å². The van der Waals surface area contributed by atoms with E-state index >= 15 is 0 Å². The Balaban J connectivity index is 1.70. The first-order chi connectivity index (χ1) is 11.6. The molecule has 0 atom stereocenters. The number of methoxy groups -OCH3 is 1. The van der Waals surface area contributed by atoms with Gasteiger partial charge in [-0.05, 0) is 17.7 Å². The third-order valence-electron chi connectivity index (χ3n) is 4.06. The zero-order valence-electron chi connectivity index (χ0n) is 14.2. The van der Waals surface area contributed by atoms with Crippen molar-refractivity contribution in [1.82, 2.24) is 15.1 Å². The first kappa shape index (κ1) is 18.2. The highest BCUT2D eigenvalue weighted by atomic mass is 16.5. The SMILES string of the molecule is COCCNC(=O)CN1CCN(C(=O)Cc2ccc(N)cc2)CC1. The van der Waals surface area contributed by atoms with Crippen LogP contribution in [0.2, 0.25) is 0 Å². The second kappa shape index (κ2) is 9.24. The first-order valence-corrected chi connectivity index (χ1v) is 8.18. The molecule has 3 N–H and O–H groups in total. The van der Waals surface area contributed by atoms with Gasteiger partial charge in [-0.1, -0.05) is 12.1 Å². The van der Waals surface area contributed by atoms with Gasteiger partial charge >= 0.3 is 0 Å². The fourth-order valence-corrected chi connectivity index (χ4v) is 2.63. The van der Waals surface area contributed by atoms with Gasteiger partial charge in [-0.2, -0.15) is 0 Å². The molecule has 0 bridgehead atoms. The van der Waals surface area contributed by atoms with Crippen molar-refractivity contribution in [2.24, 2.45) is 0 Å². The molecule has 7 nitrogen and oxygen atoms in total. The number of carbonyl (C=O) groups is 2. The van der Waals surface area contributed by atoms with Crippen LogP contribution in [0.15, 0.2) is 24.3 Å². The number of nitrogens with two attached hydrogens (primary N) is 1. The van der Waals surface area contributed by atoms with Gasteiger partial charge in [0.05, 0.1) is 19.6 Å². The average molecular weight is 334 g/mol. The molecule has 1 aliphatic rings. The highest BCUT2D eigenvalue weighted by molar-refractivity contribution is 5.79. The van der Waals surface area contributed by atoms with E-state index in [0.717, 1.165) is 5.56 Å². The van der Waals surface area contributed by atoms with E-state index in [1.54, 1.807) is 7.11 Å². The lowest BCUT2D eigenvalue weighted by Gasteiger charge is -2.34. The Morgan fingerprint density at radius 1 is 1.17 bits per heavy atom. The predicted molar refractivity (Wildman–Crippen MR) is 92.5 cm³/mol. The summed E-state index contributed by atoms with van der Waals surface area (Å²) in [4.78, 5) is 28.0. The molecule has 1 fully saturated rings. The molecule has 0 aromatic heterocycles. The lowest BCUT2D eigenvalue weighted by molar-refractivity contribution is -0.132.